The second kappa shape index (κ2) is 14.3. The summed E-state index contributed by atoms with van der Waals surface area (Å²) in [5.41, 5.74) is 7.80. The maximum absolute atomic E-state index is 12.5. The number of aryl methyl sites for hydroxylation is 2. The van der Waals surface area contributed by atoms with Gasteiger partial charge in [-0.3, -0.25) is 4.79 Å². The molecule has 1 aliphatic heterocycles. The minimum atomic E-state index is -0.0195. The monoisotopic (exact) mass is 607 g/mol. The van der Waals surface area contributed by atoms with E-state index in [1.807, 2.05) is 42.1 Å². The van der Waals surface area contributed by atoms with Crippen molar-refractivity contribution in [1.82, 2.24) is 19.7 Å². The average Bonchev–Trinajstić information content (AvgIpc) is 3.85. The van der Waals surface area contributed by atoms with E-state index in [9.17, 15) is 4.79 Å². The molecule has 0 radical (unpaired) electrons. The highest BCUT2D eigenvalue weighted by atomic mass is 16.5. The van der Waals surface area contributed by atoms with Crippen LogP contribution in [0, 0.1) is 26.7 Å². The lowest BCUT2D eigenvalue weighted by molar-refractivity contribution is -0.133. The minimum absolute atomic E-state index is 0.0195. The Kier molecular flexibility index (Phi) is 10.3. The molecule has 1 amide bonds. The van der Waals surface area contributed by atoms with Crippen LogP contribution in [0.4, 0.5) is 5.69 Å². The molecule has 1 aromatic carbocycles. The number of nitrogens with zero attached hydrogens (tertiary/aromatic N) is 4. The number of aromatic nitrogens is 3. The molecule has 3 aromatic rings. The lowest BCUT2D eigenvalue weighted by Gasteiger charge is -2.32. The second-order valence-corrected chi connectivity index (χ2v) is 12.7. The maximum atomic E-state index is 12.5. The lowest BCUT2D eigenvalue weighted by Crippen LogP contribution is -2.38. The van der Waals surface area contributed by atoms with E-state index in [0.717, 1.165) is 78.6 Å². The van der Waals surface area contributed by atoms with Gasteiger partial charge in [-0.05, 0) is 107 Å². The molecule has 2 aliphatic rings. The number of likely N-dealkylation sites (tertiary alicyclic amines) is 1. The number of pyridine rings is 1. The van der Waals surface area contributed by atoms with E-state index in [0.29, 0.717) is 24.3 Å². The highest BCUT2D eigenvalue weighted by Crippen LogP contribution is 2.35. The lowest BCUT2D eigenvalue weighted by atomic mass is 9.88. The fraction of sp³-hybridized carbons (Fsp3) is 0.447. The Morgan fingerprint density at radius 1 is 1.09 bits per heavy atom. The van der Waals surface area contributed by atoms with Crippen LogP contribution in [0.5, 0.6) is 0 Å². The topological polar surface area (TPSA) is 72.3 Å². The van der Waals surface area contributed by atoms with Crippen LogP contribution >= 0.6 is 0 Å². The Morgan fingerprint density at radius 2 is 1.84 bits per heavy atom. The molecule has 1 saturated heterocycles. The van der Waals surface area contributed by atoms with Crippen molar-refractivity contribution in [2.24, 2.45) is 5.92 Å². The molecule has 238 valence electrons. The molecule has 2 aromatic heterocycles. The van der Waals surface area contributed by atoms with E-state index in [4.69, 9.17) is 9.72 Å². The zero-order valence-corrected chi connectivity index (χ0v) is 27.8. The largest absolute Gasteiger partial charge is 0.494 e. The first-order chi connectivity index (χ1) is 21.7. The smallest absolute Gasteiger partial charge is 0.225 e. The van der Waals surface area contributed by atoms with Gasteiger partial charge in [0.15, 0.2) is 5.82 Å². The molecule has 2 fully saturated rings. The van der Waals surface area contributed by atoms with E-state index < -0.39 is 0 Å². The van der Waals surface area contributed by atoms with Crippen LogP contribution in [-0.4, -0.2) is 51.3 Å². The standard InChI is InChI=1S/C38H49N5O2/c1-8-45-36(13-9-11-25(2)34-12-10-14-37(41-34)43-30(7)27(4)24-39-43)28(5)29(6)40-35-18-17-33(23-26(35)3)31-19-21-42(22-20-31)38(44)32-15-16-32/h9-14,17-18,23-25,29,31-32,40H,5,8,15-16,19-22H2,1-4,6-7H3/b11-9-,36-13+. The van der Waals surface area contributed by atoms with Crippen molar-refractivity contribution in [3.63, 3.8) is 0 Å². The summed E-state index contributed by atoms with van der Waals surface area (Å²) in [6.45, 7) is 19.2. The van der Waals surface area contributed by atoms with Crippen molar-refractivity contribution >= 4 is 11.6 Å². The highest BCUT2D eigenvalue weighted by Gasteiger charge is 2.35. The van der Waals surface area contributed by atoms with Crippen LogP contribution in [0.2, 0.25) is 0 Å². The fourth-order valence-corrected chi connectivity index (χ4v) is 6.00. The van der Waals surface area contributed by atoms with Gasteiger partial charge >= 0.3 is 0 Å². The number of hydrogen-bond donors (Lipinski definition) is 1. The number of anilines is 1. The first kappa shape index (κ1) is 32.3. The number of carbonyl (C=O) groups is 1. The molecular weight excluding hydrogens is 558 g/mol. The molecule has 45 heavy (non-hydrogen) atoms. The van der Waals surface area contributed by atoms with Crippen LogP contribution in [0.25, 0.3) is 5.82 Å². The Morgan fingerprint density at radius 3 is 2.49 bits per heavy atom. The summed E-state index contributed by atoms with van der Waals surface area (Å²) in [6.07, 6.45) is 12.3. The first-order valence-corrected chi connectivity index (χ1v) is 16.5. The quantitative estimate of drug-likeness (QED) is 0.167. The van der Waals surface area contributed by atoms with Crippen molar-refractivity contribution in [2.75, 3.05) is 25.0 Å². The molecule has 1 saturated carbocycles. The van der Waals surface area contributed by atoms with E-state index in [1.165, 1.54) is 11.1 Å². The molecule has 0 spiro atoms. The van der Waals surface area contributed by atoms with E-state index in [-0.39, 0.29) is 12.0 Å². The molecule has 7 nitrogen and oxygen atoms in total. The summed E-state index contributed by atoms with van der Waals surface area (Å²) in [5, 5.41) is 8.14. The maximum Gasteiger partial charge on any atom is 0.225 e. The summed E-state index contributed by atoms with van der Waals surface area (Å²) < 4.78 is 7.92. The number of allylic oxidation sites excluding steroid dienone is 3. The molecule has 3 heterocycles. The first-order valence-electron chi connectivity index (χ1n) is 16.5. The van der Waals surface area contributed by atoms with E-state index >= 15 is 0 Å². The number of piperidine rings is 1. The van der Waals surface area contributed by atoms with Gasteiger partial charge in [-0.2, -0.15) is 5.10 Å². The SMILES string of the molecule is C=C(/C(=C\C=C/C(C)c1cccc(-n2ncc(C)c2C)n1)OCC)C(C)Nc1ccc(C2CCN(C(=O)C3CC3)CC2)cc1C. The van der Waals surface area contributed by atoms with Gasteiger partial charge in [0.25, 0.3) is 0 Å². The molecule has 5 rings (SSSR count). The summed E-state index contributed by atoms with van der Waals surface area (Å²) in [4.78, 5) is 19.4. The molecule has 2 atom stereocenters. The highest BCUT2D eigenvalue weighted by molar-refractivity contribution is 5.81. The van der Waals surface area contributed by atoms with Crippen LogP contribution in [-0.2, 0) is 9.53 Å². The third-order valence-electron chi connectivity index (χ3n) is 9.31. The summed E-state index contributed by atoms with van der Waals surface area (Å²) in [7, 11) is 0. The third kappa shape index (κ3) is 7.75. The molecule has 7 heteroatoms. The Hall–Kier alpha value is -4.13. The van der Waals surface area contributed by atoms with Gasteiger partial charge < -0.3 is 15.0 Å². The van der Waals surface area contributed by atoms with Gasteiger partial charge in [0, 0.05) is 47.6 Å². The van der Waals surface area contributed by atoms with Crippen molar-refractivity contribution in [3.05, 3.63) is 107 Å². The second-order valence-electron chi connectivity index (χ2n) is 12.7. The number of rotatable bonds is 12. The number of ether oxygens (including phenoxy) is 1. The van der Waals surface area contributed by atoms with Crippen LogP contribution in [0.15, 0.2) is 78.7 Å². The van der Waals surface area contributed by atoms with Gasteiger partial charge in [-0.25, -0.2) is 9.67 Å². The van der Waals surface area contributed by atoms with Gasteiger partial charge in [-0.1, -0.05) is 43.9 Å². The van der Waals surface area contributed by atoms with Gasteiger partial charge in [0.05, 0.1) is 18.8 Å². The zero-order valence-electron chi connectivity index (χ0n) is 27.8. The average molecular weight is 608 g/mol. The van der Waals surface area contributed by atoms with Crippen LogP contribution in [0.3, 0.4) is 0 Å². The van der Waals surface area contributed by atoms with Crippen molar-refractivity contribution < 1.29 is 9.53 Å². The normalized spacial score (nSPS) is 17.4. The van der Waals surface area contributed by atoms with Gasteiger partial charge in [0.1, 0.15) is 5.76 Å². The Balaban J connectivity index is 1.19. The summed E-state index contributed by atoms with van der Waals surface area (Å²) in [5.74, 6) is 2.90. The molecule has 1 aliphatic carbocycles. The molecule has 0 bridgehead atoms. The van der Waals surface area contributed by atoms with Crippen LogP contribution < -0.4 is 5.32 Å². The number of carbonyl (C=O) groups excluding carboxylic acids is 1. The predicted molar refractivity (Wildman–Crippen MR) is 183 cm³/mol. The van der Waals surface area contributed by atoms with Crippen LogP contribution in [0.1, 0.15) is 86.4 Å². The predicted octanol–water partition coefficient (Wildman–Crippen LogP) is 7.95. The third-order valence-corrected chi connectivity index (χ3v) is 9.31. The molecular formula is C38H49N5O2. The summed E-state index contributed by atoms with van der Waals surface area (Å²) in [6, 6.07) is 12.8. The van der Waals surface area contributed by atoms with E-state index in [1.54, 1.807) is 0 Å². The van der Waals surface area contributed by atoms with Gasteiger partial charge in [0.2, 0.25) is 5.91 Å². The number of amides is 1. The zero-order chi connectivity index (χ0) is 32.1. The van der Waals surface area contributed by atoms with Crippen molar-refractivity contribution in [3.8, 4) is 5.82 Å². The fourth-order valence-electron chi connectivity index (χ4n) is 6.00. The molecule has 1 N–H and O–H groups in total. The van der Waals surface area contributed by atoms with Gasteiger partial charge in [-0.15, -0.1) is 0 Å². The van der Waals surface area contributed by atoms with Crippen molar-refractivity contribution in [1.29, 1.82) is 0 Å². The Labute approximate surface area is 269 Å². The minimum Gasteiger partial charge on any atom is -0.494 e. The Bertz CT molecular complexity index is 1570. The summed E-state index contributed by atoms with van der Waals surface area (Å²) >= 11 is 0. The van der Waals surface area contributed by atoms with Crippen molar-refractivity contribution in [2.45, 2.75) is 85.1 Å². The number of hydrogen-bond acceptors (Lipinski definition) is 5. The number of benzene rings is 1. The van der Waals surface area contributed by atoms with E-state index in [2.05, 4.69) is 86.9 Å². The molecule has 2 unspecified atom stereocenters. The number of nitrogens with one attached hydrogen (secondary N) is 1.